The monoisotopic (exact) mass is 275 g/mol. The molecule has 1 aliphatic carbocycles. The molecule has 2 fully saturated rings. The summed E-state index contributed by atoms with van der Waals surface area (Å²) in [6.45, 7) is 3.75. The lowest BCUT2D eigenvalue weighted by molar-refractivity contribution is 0.0690. The van der Waals surface area contributed by atoms with Gasteiger partial charge in [0, 0.05) is 18.8 Å². The number of aromatic carboxylic acids is 1. The molecule has 2 aliphatic rings. The van der Waals surface area contributed by atoms with Crippen molar-refractivity contribution in [2.75, 3.05) is 18.0 Å². The van der Waals surface area contributed by atoms with E-state index in [0.717, 1.165) is 30.6 Å². The summed E-state index contributed by atoms with van der Waals surface area (Å²) in [4.78, 5) is 21.9. The van der Waals surface area contributed by atoms with Crippen molar-refractivity contribution < 1.29 is 9.90 Å². The fourth-order valence-electron chi connectivity index (χ4n) is 3.59. The summed E-state index contributed by atoms with van der Waals surface area (Å²) >= 11 is 0. The molecule has 1 aromatic rings. The number of hydrogen-bond acceptors (Lipinski definition) is 4. The summed E-state index contributed by atoms with van der Waals surface area (Å²) in [6.07, 6.45) is 6.52. The smallest absolute Gasteiger partial charge is 0.354 e. The molecule has 2 atom stereocenters. The maximum atomic E-state index is 11.1. The van der Waals surface area contributed by atoms with E-state index in [0.29, 0.717) is 5.95 Å². The van der Waals surface area contributed by atoms with Crippen LogP contribution >= 0.6 is 0 Å². The highest BCUT2D eigenvalue weighted by atomic mass is 16.4. The Labute approximate surface area is 119 Å². The lowest BCUT2D eigenvalue weighted by Crippen LogP contribution is -2.42. The van der Waals surface area contributed by atoms with Crippen molar-refractivity contribution in [3.8, 4) is 0 Å². The molecule has 1 saturated heterocycles. The summed E-state index contributed by atoms with van der Waals surface area (Å²) in [7, 11) is 0. The third-order valence-corrected chi connectivity index (χ3v) is 4.64. The van der Waals surface area contributed by atoms with Crippen LogP contribution < -0.4 is 4.90 Å². The van der Waals surface area contributed by atoms with Crippen LogP contribution in [0.1, 0.15) is 48.3 Å². The number of fused-ring (bicyclic) bond motifs is 1. The second-order valence-corrected chi connectivity index (χ2v) is 6.04. The second kappa shape index (κ2) is 5.38. The average molecular weight is 275 g/mol. The number of hydrogen-bond donors (Lipinski definition) is 1. The highest BCUT2D eigenvalue weighted by molar-refractivity contribution is 5.85. The molecule has 1 aliphatic heterocycles. The molecule has 3 rings (SSSR count). The van der Waals surface area contributed by atoms with E-state index >= 15 is 0 Å². The highest BCUT2D eigenvalue weighted by Gasteiger charge is 2.32. The van der Waals surface area contributed by atoms with Gasteiger partial charge in [-0.1, -0.05) is 19.3 Å². The molecular weight excluding hydrogens is 254 g/mol. The molecule has 0 bridgehead atoms. The molecule has 0 spiro atoms. The lowest BCUT2D eigenvalue weighted by atomic mass is 9.75. The zero-order valence-corrected chi connectivity index (χ0v) is 11.9. The zero-order valence-electron chi connectivity index (χ0n) is 11.9. The number of nitrogens with zero attached hydrogens (tertiary/aromatic N) is 3. The van der Waals surface area contributed by atoms with Crippen molar-refractivity contribution in [3.05, 3.63) is 17.5 Å². The maximum absolute atomic E-state index is 11.1. The number of carboxylic acids is 1. The first kappa shape index (κ1) is 13.3. The quantitative estimate of drug-likeness (QED) is 0.898. The molecule has 20 heavy (non-hydrogen) atoms. The van der Waals surface area contributed by atoms with Crippen molar-refractivity contribution in [2.45, 2.75) is 39.0 Å². The summed E-state index contributed by atoms with van der Waals surface area (Å²) < 4.78 is 0. The molecule has 108 valence electrons. The van der Waals surface area contributed by atoms with Crippen LogP contribution in [-0.4, -0.2) is 34.1 Å². The average Bonchev–Trinajstić information content (AvgIpc) is 2.46. The van der Waals surface area contributed by atoms with Gasteiger partial charge in [-0.2, -0.15) is 0 Å². The minimum Gasteiger partial charge on any atom is -0.477 e. The predicted octanol–water partition coefficient (Wildman–Crippen LogP) is 2.50. The Balaban J connectivity index is 1.80. The molecular formula is C15H21N3O2. The Kier molecular flexibility index (Phi) is 3.59. The van der Waals surface area contributed by atoms with Crippen LogP contribution in [0.3, 0.4) is 0 Å². The van der Waals surface area contributed by atoms with Crippen molar-refractivity contribution in [3.63, 3.8) is 0 Å². The third-order valence-electron chi connectivity index (χ3n) is 4.64. The van der Waals surface area contributed by atoms with Gasteiger partial charge in [0.2, 0.25) is 5.95 Å². The SMILES string of the molecule is Cc1cc(C(=O)O)nc(N2CCC3CCCCC3C2)n1. The van der Waals surface area contributed by atoms with Gasteiger partial charge in [0.05, 0.1) is 0 Å². The molecule has 1 saturated carbocycles. The van der Waals surface area contributed by atoms with E-state index in [-0.39, 0.29) is 5.69 Å². The molecule has 0 radical (unpaired) electrons. The first-order valence-electron chi connectivity index (χ1n) is 7.47. The Morgan fingerprint density at radius 2 is 2.00 bits per heavy atom. The van der Waals surface area contributed by atoms with E-state index in [1.165, 1.54) is 38.2 Å². The third kappa shape index (κ3) is 2.62. The normalized spacial score (nSPS) is 26.1. The number of aryl methyl sites for hydroxylation is 1. The number of rotatable bonds is 2. The summed E-state index contributed by atoms with van der Waals surface area (Å²) in [5, 5.41) is 9.11. The lowest BCUT2D eigenvalue weighted by Gasteiger charge is -2.41. The Hall–Kier alpha value is -1.65. The van der Waals surface area contributed by atoms with Crippen LogP contribution in [0.25, 0.3) is 0 Å². The Morgan fingerprint density at radius 3 is 2.75 bits per heavy atom. The van der Waals surface area contributed by atoms with E-state index in [1.807, 2.05) is 6.92 Å². The van der Waals surface area contributed by atoms with Crippen molar-refractivity contribution >= 4 is 11.9 Å². The van der Waals surface area contributed by atoms with Crippen LogP contribution in [0.15, 0.2) is 6.07 Å². The van der Waals surface area contributed by atoms with Gasteiger partial charge in [0.1, 0.15) is 0 Å². The number of carboxylic acid groups (broad SMARTS) is 1. The number of anilines is 1. The van der Waals surface area contributed by atoms with Crippen LogP contribution in [0.4, 0.5) is 5.95 Å². The van der Waals surface area contributed by atoms with E-state index in [4.69, 9.17) is 5.11 Å². The van der Waals surface area contributed by atoms with Crippen LogP contribution in [-0.2, 0) is 0 Å². The van der Waals surface area contributed by atoms with Gasteiger partial charge >= 0.3 is 5.97 Å². The molecule has 2 heterocycles. The van der Waals surface area contributed by atoms with Gasteiger partial charge in [0.15, 0.2) is 5.69 Å². The van der Waals surface area contributed by atoms with Crippen molar-refractivity contribution in [2.24, 2.45) is 11.8 Å². The zero-order chi connectivity index (χ0) is 14.1. The van der Waals surface area contributed by atoms with Crippen molar-refractivity contribution in [1.82, 2.24) is 9.97 Å². The highest BCUT2D eigenvalue weighted by Crippen LogP contribution is 2.36. The van der Waals surface area contributed by atoms with Crippen LogP contribution in [0, 0.1) is 18.8 Å². The first-order valence-corrected chi connectivity index (χ1v) is 7.47. The summed E-state index contributed by atoms with van der Waals surface area (Å²) in [6, 6.07) is 1.53. The Bertz CT molecular complexity index is 518. The van der Waals surface area contributed by atoms with E-state index in [1.54, 1.807) is 0 Å². The van der Waals surface area contributed by atoms with Gasteiger partial charge < -0.3 is 10.0 Å². The number of aromatic nitrogens is 2. The molecule has 2 unspecified atom stereocenters. The molecule has 5 nitrogen and oxygen atoms in total. The fourth-order valence-corrected chi connectivity index (χ4v) is 3.59. The standard InChI is InChI=1S/C15H21N3O2/c1-10-8-13(14(19)20)17-15(16-10)18-7-6-11-4-2-3-5-12(11)9-18/h8,11-12H,2-7,9H2,1H3,(H,19,20). The van der Waals surface area contributed by atoms with Crippen molar-refractivity contribution in [1.29, 1.82) is 0 Å². The van der Waals surface area contributed by atoms with E-state index < -0.39 is 5.97 Å². The fraction of sp³-hybridized carbons (Fsp3) is 0.667. The minimum absolute atomic E-state index is 0.0956. The minimum atomic E-state index is -0.982. The van der Waals surface area contributed by atoms with Gasteiger partial charge in [-0.3, -0.25) is 0 Å². The van der Waals surface area contributed by atoms with Gasteiger partial charge in [-0.05, 0) is 37.7 Å². The first-order chi connectivity index (χ1) is 9.63. The van der Waals surface area contributed by atoms with Gasteiger partial charge in [-0.25, -0.2) is 14.8 Å². The summed E-state index contributed by atoms with van der Waals surface area (Å²) in [5.74, 6) is 1.19. The van der Waals surface area contributed by atoms with Gasteiger partial charge in [0.25, 0.3) is 0 Å². The molecule has 0 amide bonds. The molecule has 1 N–H and O–H groups in total. The van der Waals surface area contributed by atoms with Crippen LogP contribution in [0.2, 0.25) is 0 Å². The molecule has 5 heteroatoms. The second-order valence-electron chi connectivity index (χ2n) is 6.04. The van der Waals surface area contributed by atoms with E-state index in [9.17, 15) is 4.79 Å². The molecule has 1 aromatic heterocycles. The van der Waals surface area contributed by atoms with Gasteiger partial charge in [-0.15, -0.1) is 0 Å². The predicted molar refractivity (Wildman–Crippen MR) is 76.0 cm³/mol. The maximum Gasteiger partial charge on any atom is 0.354 e. The molecule has 0 aromatic carbocycles. The Morgan fingerprint density at radius 1 is 1.25 bits per heavy atom. The number of piperidine rings is 1. The number of carbonyl (C=O) groups is 1. The summed E-state index contributed by atoms with van der Waals surface area (Å²) in [5.41, 5.74) is 0.816. The van der Waals surface area contributed by atoms with Crippen LogP contribution in [0.5, 0.6) is 0 Å². The van der Waals surface area contributed by atoms with E-state index in [2.05, 4.69) is 14.9 Å². The largest absolute Gasteiger partial charge is 0.477 e. The topological polar surface area (TPSA) is 66.3 Å².